The molecule has 5 heteroatoms. The molecule has 0 bridgehead atoms. The third-order valence-electron chi connectivity index (χ3n) is 4.44. The van der Waals surface area contributed by atoms with Gasteiger partial charge in [-0.25, -0.2) is 0 Å². The van der Waals surface area contributed by atoms with Gasteiger partial charge in [0.2, 0.25) is 0 Å². The normalized spacial score (nSPS) is 13.3. The SMILES string of the molecule is Clc1cc(Cl)c2c(c1)-n1cccc1C(c1cc3ccccc3o1)=NC2. The van der Waals surface area contributed by atoms with Crippen LogP contribution in [0.1, 0.15) is 17.0 Å². The van der Waals surface area contributed by atoms with E-state index in [1.54, 1.807) is 6.07 Å². The Morgan fingerprint density at radius 1 is 1.00 bits per heavy atom. The van der Waals surface area contributed by atoms with Crippen molar-refractivity contribution in [3.63, 3.8) is 0 Å². The van der Waals surface area contributed by atoms with Gasteiger partial charge in [0.25, 0.3) is 0 Å². The van der Waals surface area contributed by atoms with E-state index in [0.717, 1.165) is 39.4 Å². The molecule has 3 nitrogen and oxygen atoms in total. The molecule has 0 unspecified atom stereocenters. The van der Waals surface area contributed by atoms with Crippen molar-refractivity contribution in [1.82, 2.24) is 4.57 Å². The highest BCUT2D eigenvalue weighted by Gasteiger charge is 2.22. The van der Waals surface area contributed by atoms with E-state index in [1.807, 2.05) is 54.7 Å². The topological polar surface area (TPSA) is 30.4 Å². The van der Waals surface area contributed by atoms with Crippen LogP contribution in [-0.4, -0.2) is 10.3 Å². The van der Waals surface area contributed by atoms with E-state index in [1.165, 1.54) is 0 Å². The van der Waals surface area contributed by atoms with Crippen molar-refractivity contribution in [2.45, 2.75) is 6.54 Å². The Balaban J connectivity index is 1.75. The number of hydrogen-bond donors (Lipinski definition) is 0. The Kier molecular flexibility index (Phi) is 3.27. The summed E-state index contributed by atoms with van der Waals surface area (Å²) >= 11 is 12.6. The Labute approximate surface area is 154 Å². The molecule has 0 fully saturated rings. The molecule has 2 aromatic heterocycles. The first-order valence-corrected chi connectivity index (χ1v) is 8.66. The summed E-state index contributed by atoms with van der Waals surface area (Å²) in [7, 11) is 0. The van der Waals surface area contributed by atoms with E-state index >= 15 is 0 Å². The summed E-state index contributed by atoms with van der Waals surface area (Å²) in [6.07, 6.45) is 1.99. The molecule has 0 radical (unpaired) electrons. The second-order valence-electron chi connectivity index (χ2n) is 5.96. The van der Waals surface area contributed by atoms with E-state index in [4.69, 9.17) is 32.6 Å². The lowest BCUT2D eigenvalue weighted by Crippen LogP contribution is -2.07. The lowest BCUT2D eigenvalue weighted by molar-refractivity contribution is 0.604. The zero-order chi connectivity index (χ0) is 17.0. The van der Waals surface area contributed by atoms with Crippen LogP contribution >= 0.6 is 23.2 Å². The molecule has 25 heavy (non-hydrogen) atoms. The van der Waals surface area contributed by atoms with Gasteiger partial charge in [0, 0.05) is 27.2 Å². The molecule has 2 aromatic carbocycles. The Morgan fingerprint density at radius 3 is 2.76 bits per heavy atom. The molecular weight excluding hydrogens is 355 g/mol. The minimum Gasteiger partial charge on any atom is -0.454 e. The standard InChI is InChI=1S/C20H12Cl2N2O/c21-13-9-15(22)14-11-23-20(16-5-3-7-24(16)17(14)10-13)19-8-12-4-1-2-6-18(12)25-19/h1-10H,11H2. The van der Waals surface area contributed by atoms with Crippen LogP contribution in [0.15, 0.2) is 70.2 Å². The van der Waals surface area contributed by atoms with Gasteiger partial charge in [-0.05, 0) is 36.4 Å². The van der Waals surface area contributed by atoms with Gasteiger partial charge in [0.05, 0.1) is 17.9 Å². The molecule has 0 spiro atoms. The average molecular weight is 367 g/mol. The van der Waals surface area contributed by atoms with E-state index < -0.39 is 0 Å². The molecule has 0 atom stereocenters. The van der Waals surface area contributed by atoms with Gasteiger partial charge in [0.15, 0.2) is 5.76 Å². The maximum atomic E-state index is 6.42. The largest absolute Gasteiger partial charge is 0.454 e. The maximum Gasteiger partial charge on any atom is 0.155 e. The van der Waals surface area contributed by atoms with Crippen LogP contribution in [0.4, 0.5) is 0 Å². The summed E-state index contributed by atoms with van der Waals surface area (Å²) in [5.74, 6) is 0.746. The Bertz CT molecular complexity index is 1120. The number of halogens is 2. The summed E-state index contributed by atoms with van der Waals surface area (Å²) < 4.78 is 8.10. The van der Waals surface area contributed by atoms with Gasteiger partial charge in [-0.3, -0.25) is 4.99 Å². The van der Waals surface area contributed by atoms with Crippen LogP contribution in [0, 0.1) is 0 Å². The molecule has 0 aliphatic carbocycles. The Hall–Kier alpha value is -2.49. The minimum absolute atomic E-state index is 0.472. The van der Waals surface area contributed by atoms with Crippen molar-refractivity contribution in [3.8, 4) is 5.69 Å². The fraction of sp³-hybridized carbons (Fsp3) is 0.0500. The van der Waals surface area contributed by atoms with E-state index in [9.17, 15) is 0 Å². The van der Waals surface area contributed by atoms with E-state index in [2.05, 4.69) is 4.57 Å². The predicted octanol–water partition coefficient (Wildman–Crippen LogP) is 5.88. The highest BCUT2D eigenvalue weighted by atomic mass is 35.5. The highest BCUT2D eigenvalue weighted by Crippen LogP contribution is 2.33. The molecule has 122 valence electrons. The van der Waals surface area contributed by atoms with E-state index in [0.29, 0.717) is 16.6 Å². The molecule has 0 saturated carbocycles. The number of rotatable bonds is 1. The number of para-hydroxylation sites is 1. The number of aliphatic imine (C=N–C) groups is 1. The summed E-state index contributed by atoms with van der Waals surface area (Å²) in [6.45, 7) is 0.472. The number of nitrogens with zero attached hydrogens (tertiary/aromatic N) is 2. The van der Waals surface area contributed by atoms with Crippen molar-refractivity contribution in [1.29, 1.82) is 0 Å². The van der Waals surface area contributed by atoms with Gasteiger partial charge in [0.1, 0.15) is 11.3 Å². The lowest BCUT2D eigenvalue weighted by atomic mass is 10.1. The fourth-order valence-corrected chi connectivity index (χ4v) is 3.83. The van der Waals surface area contributed by atoms with E-state index in [-0.39, 0.29) is 0 Å². The zero-order valence-electron chi connectivity index (χ0n) is 13.0. The number of fused-ring (bicyclic) bond motifs is 4. The van der Waals surface area contributed by atoms with Gasteiger partial charge in [-0.15, -0.1) is 0 Å². The summed E-state index contributed by atoms with van der Waals surface area (Å²) in [4.78, 5) is 4.81. The maximum absolute atomic E-state index is 6.42. The molecular formula is C20H12Cl2N2O. The number of benzene rings is 2. The zero-order valence-corrected chi connectivity index (χ0v) is 14.6. The Morgan fingerprint density at radius 2 is 1.88 bits per heavy atom. The van der Waals surface area contributed by atoms with Crippen LogP contribution < -0.4 is 0 Å². The van der Waals surface area contributed by atoms with Crippen LogP contribution in [-0.2, 0) is 6.54 Å². The second kappa shape index (κ2) is 5.51. The van der Waals surface area contributed by atoms with Gasteiger partial charge in [-0.1, -0.05) is 41.4 Å². The van der Waals surface area contributed by atoms with Crippen LogP contribution in [0.2, 0.25) is 10.0 Å². The molecule has 1 aliphatic rings. The van der Waals surface area contributed by atoms with Gasteiger partial charge < -0.3 is 8.98 Å². The van der Waals surface area contributed by atoms with Crippen molar-refractivity contribution in [2.75, 3.05) is 0 Å². The molecule has 4 aromatic rings. The summed E-state index contributed by atoms with van der Waals surface area (Å²) in [5, 5.41) is 2.29. The first-order chi connectivity index (χ1) is 12.2. The third kappa shape index (κ3) is 2.31. The monoisotopic (exact) mass is 366 g/mol. The van der Waals surface area contributed by atoms with Gasteiger partial charge in [-0.2, -0.15) is 0 Å². The fourth-order valence-electron chi connectivity index (χ4n) is 3.29. The molecule has 0 saturated heterocycles. The highest BCUT2D eigenvalue weighted by molar-refractivity contribution is 6.35. The van der Waals surface area contributed by atoms with Crippen molar-refractivity contribution >= 4 is 39.9 Å². The van der Waals surface area contributed by atoms with Gasteiger partial charge >= 0.3 is 0 Å². The number of hydrogen-bond acceptors (Lipinski definition) is 2. The molecule has 0 amide bonds. The van der Waals surface area contributed by atoms with Crippen LogP contribution in [0.3, 0.4) is 0 Å². The lowest BCUT2D eigenvalue weighted by Gasteiger charge is -2.12. The molecule has 5 rings (SSSR count). The first kappa shape index (κ1) is 14.8. The first-order valence-electron chi connectivity index (χ1n) is 7.90. The number of aromatic nitrogens is 1. The van der Waals surface area contributed by atoms with Crippen LogP contribution in [0.5, 0.6) is 0 Å². The van der Waals surface area contributed by atoms with Crippen LogP contribution in [0.25, 0.3) is 16.7 Å². The molecule has 3 heterocycles. The molecule has 1 aliphatic heterocycles. The minimum atomic E-state index is 0.472. The average Bonchev–Trinajstić information content (AvgIpc) is 3.20. The molecule has 0 N–H and O–H groups in total. The third-order valence-corrected chi connectivity index (χ3v) is 5.00. The second-order valence-corrected chi connectivity index (χ2v) is 6.81. The quantitative estimate of drug-likeness (QED) is 0.413. The summed E-state index contributed by atoms with van der Waals surface area (Å²) in [6, 6.07) is 17.7. The van der Waals surface area contributed by atoms with Crippen molar-refractivity contribution < 1.29 is 4.42 Å². The smallest absolute Gasteiger partial charge is 0.155 e. The predicted molar refractivity (Wildman–Crippen MR) is 101 cm³/mol. The summed E-state index contributed by atoms with van der Waals surface area (Å²) in [5.41, 5.74) is 4.52. The number of furan rings is 1. The van der Waals surface area contributed by atoms with Crippen molar-refractivity contribution in [2.24, 2.45) is 4.99 Å². The van der Waals surface area contributed by atoms with Crippen molar-refractivity contribution in [3.05, 3.63) is 87.9 Å².